The Morgan fingerprint density at radius 2 is 2.11 bits per heavy atom. The lowest BCUT2D eigenvalue weighted by Gasteiger charge is -2.04. The molecule has 4 nitrogen and oxygen atoms in total. The summed E-state index contributed by atoms with van der Waals surface area (Å²) in [6.07, 6.45) is 6.33. The average Bonchev–Trinajstić information content (AvgIpc) is 2.96. The van der Waals surface area contributed by atoms with Crippen molar-refractivity contribution in [3.8, 4) is 0 Å². The summed E-state index contributed by atoms with van der Waals surface area (Å²) in [5.41, 5.74) is 2.43. The number of aromatic nitrogens is 3. The highest BCUT2D eigenvalue weighted by Crippen LogP contribution is 2.07. The molecule has 2 aromatic heterocycles. The Hall–Kier alpha value is -1.55. The Bertz CT molecular complexity index is 481. The van der Waals surface area contributed by atoms with Crippen molar-refractivity contribution in [3.63, 3.8) is 0 Å². The molecule has 2 heterocycles. The maximum Gasteiger partial charge on any atom is 0.0821 e. The second-order valence-corrected chi connectivity index (χ2v) is 4.85. The number of rotatable bonds is 6. The van der Waals surface area contributed by atoms with Crippen molar-refractivity contribution in [2.24, 2.45) is 0 Å². The van der Waals surface area contributed by atoms with Gasteiger partial charge in [-0.2, -0.15) is 5.10 Å². The van der Waals surface area contributed by atoms with Gasteiger partial charge in [-0.15, -0.1) is 0 Å². The van der Waals surface area contributed by atoms with Crippen molar-refractivity contribution < 1.29 is 0 Å². The second-order valence-electron chi connectivity index (χ2n) is 4.85. The van der Waals surface area contributed by atoms with Crippen molar-refractivity contribution in [1.29, 1.82) is 0 Å². The molecule has 0 saturated heterocycles. The van der Waals surface area contributed by atoms with E-state index >= 15 is 0 Å². The van der Waals surface area contributed by atoms with E-state index in [1.807, 2.05) is 10.9 Å². The molecule has 98 valence electrons. The van der Waals surface area contributed by atoms with E-state index in [0.29, 0.717) is 6.04 Å². The molecular weight excluding hydrogens is 224 g/mol. The Morgan fingerprint density at radius 3 is 2.78 bits per heavy atom. The monoisotopic (exact) mass is 246 g/mol. The van der Waals surface area contributed by atoms with Gasteiger partial charge in [0.05, 0.1) is 12.2 Å². The third-order valence-corrected chi connectivity index (χ3v) is 2.93. The summed E-state index contributed by atoms with van der Waals surface area (Å²) in [7, 11) is 0. The minimum atomic E-state index is 0.424. The largest absolute Gasteiger partial charge is 0.348 e. The lowest BCUT2D eigenvalue weighted by Crippen LogP contribution is -2.11. The predicted octanol–water partition coefficient (Wildman–Crippen LogP) is 2.42. The quantitative estimate of drug-likeness (QED) is 0.849. The lowest BCUT2D eigenvalue weighted by atomic mass is 10.3. The number of nitrogens with one attached hydrogen (secondary N) is 1. The molecule has 2 aromatic rings. The Balaban J connectivity index is 1.97. The predicted molar refractivity (Wildman–Crippen MR) is 73.5 cm³/mol. The van der Waals surface area contributed by atoms with Crippen LogP contribution in [0.5, 0.6) is 0 Å². The Labute approximate surface area is 109 Å². The average molecular weight is 246 g/mol. The molecule has 0 amide bonds. The van der Waals surface area contributed by atoms with Crippen molar-refractivity contribution >= 4 is 0 Å². The van der Waals surface area contributed by atoms with Crippen LogP contribution in [0, 0.1) is 0 Å². The second kappa shape index (κ2) is 5.87. The summed E-state index contributed by atoms with van der Waals surface area (Å²) in [4.78, 5) is 0. The normalized spacial score (nSPS) is 11.3. The van der Waals surface area contributed by atoms with Gasteiger partial charge in [0.25, 0.3) is 0 Å². The molecule has 4 heteroatoms. The first kappa shape index (κ1) is 12.9. The molecule has 1 N–H and O–H groups in total. The van der Waals surface area contributed by atoms with Gasteiger partial charge >= 0.3 is 0 Å². The van der Waals surface area contributed by atoms with Crippen LogP contribution >= 0.6 is 0 Å². The molecule has 0 saturated carbocycles. The topological polar surface area (TPSA) is 34.8 Å². The first-order valence-corrected chi connectivity index (χ1v) is 6.58. The van der Waals surface area contributed by atoms with Crippen molar-refractivity contribution in [3.05, 3.63) is 42.0 Å². The van der Waals surface area contributed by atoms with Gasteiger partial charge < -0.3 is 9.88 Å². The Kier molecular flexibility index (Phi) is 4.20. The fourth-order valence-electron chi connectivity index (χ4n) is 1.90. The van der Waals surface area contributed by atoms with Crippen molar-refractivity contribution in [1.82, 2.24) is 19.7 Å². The summed E-state index contributed by atoms with van der Waals surface area (Å²) in [5, 5.41) is 7.88. The maximum atomic E-state index is 4.56. The van der Waals surface area contributed by atoms with Crippen LogP contribution in [-0.2, 0) is 13.1 Å². The van der Waals surface area contributed by atoms with E-state index in [4.69, 9.17) is 0 Å². The van der Waals surface area contributed by atoms with Gasteiger partial charge in [0.15, 0.2) is 0 Å². The molecular formula is C14H22N4. The van der Waals surface area contributed by atoms with E-state index in [-0.39, 0.29) is 0 Å². The fraction of sp³-hybridized carbons (Fsp3) is 0.500. The molecule has 0 spiro atoms. The number of nitrogens with zero attached hydrogens (tertiary/aromatic N) is 3. The van der Waals surface area contributed by atoms with Gasteiger partial charge in [0.1, 0.15) is 0 Å². The van der Waals surface area contributed by atoms with Gasteiger partial charge in [-0.1, -0.05) is 6.92 Å². The first-order valence-electron chi connectivity index (χ1n) is 6.58. The molecule has 0 aromatic carbocycles. The molecule has 0 unspecified atom stereocenters. The fourth-order valence-corrected chi connectivity index (χ4v) is 1.90. The highest BCUT2D eigenvalue weighted by atomic mass is 15.3. The SMILES string of the molecule is CCNCc1ccn(Cc2ccn(C(C)C)n2)c1. The summed E-state index contributed by atoms with van der Waals surface area (Å²) >= 11 is 0. The summed E-state index contributed by atoms with van der Waals surface area (Å²) < 4.78 is 4.18. The zero-order valence-corrected chi connectivity index (χ0v) is 11.4. The standard InChI is InChI=1S/C14H22N4/c1-4-15-9-13-5-7-17(10-13)11-14-6-8-18(16-14)12(2)3/h5-8,10,12,15H,4,9,11H2,1-3H3. The maximum absolute atomic E-state index is 4.56. The van der Waals surface area contributed by atoms with Crippen molar-refractivity contribution in [2.45, 2.75) is 39.9 Å². The van der Waals surface area contributed by atoms with Crippen LogP contribution in [0.3, 0.4) is 0 Å². The lowest BCUT2D eigenvalue weighted by molar-refractivity contribution is 0.524. The molecule has 0 radical (unpaired) electrons. The van der Waals surface area contributed by atoms with Gasteiger partial charge in [-0.25, -0.2) is 0 Å². The summed E-state index contributed by atoms with van der Waals surface area (Å²) in [5.74, 6) is 0. The molecule has 0 aliphatic rings. The van der Waals surface area contributed by atoms with Crippen LogP contribution in [0.4, 0.5) is 0 Å². The molecule has 0 aliphatic heterocycles. The van der Waals surface area contributed by atoms with Crippen molar-refractivity contribution in [2.75, 3.05) is 6.54 Å². The van der Waals surface area contributed by atoms with E-state index in [1.165, 1.54) is 5.56 Å². The minimum Gasteiger partial charge on any atom is -0.348 e. The molecule has 0 aliphatic carbocycles. The summed E-state index contributed by atoms with van der Waals surface area (Å²) in [6.45, 7) is 9.18. The van der Waals surface area contributed by atoms with Crippen LogP contribution in [0.1, 0.15) is 38.1 Å². The van der Waals surface area contributed by atoms with Crippen LogP contribution in [-0.4, -0.2) is 20.9 Å². The van der Waals surface area contributed by atoms with Crippen LogP contribution in [0.2, 0.25) is 0 Å². The highest BCUT2D eigenvalue weighted by Gasteiger charge is 2.03. The molecule has 0 bridgehead atoms. The van der Waals surface area contributed by atoms with Gasteiger partial charge in [-0.3, -0.25) is 4.68 Å². The van der Waals surface area contributed by atoms with E-state index < -0.39 is 0 Å². The molecule has 2 rings (SSSR count). The third kappa shape index (κ3) is 3.23. The molecule has 18 heavy (non-hydrogen) atoms. The van der Waals surface area contributed by atoms with Crippen LogP contribution in [0.25, 0.3) is 0 Å². The summed E-state index contributed by atoms with van der Waals surface area (Å²) in [6, 6.07) is 4.67. The first-order chi connectivity index (χ1) is 8.69. The van der Waals surface area contributed by atoms with E-state index in [0.717, 1.165) is 25.3 Å². The van der Waals surface area contributed by atoms with Gasteiger partial charge in [0, 0.05) is 31.2 Å². The van der Waals surface area contributed by atoms with Crippen LogP contribution in [0.15, 0.2) is 30.7 Å². The van der Waals surface area contributed by atoms with Gasteiger partial charge in [-0.05, 0) is 38.1 Å². The van der Waals surface area contributed by atoms with E-state index in [2.05, 4.69) is 60.3 Å². The molecule has 0 atom stereocenters. The number of hydrogen-bond donors (Lipinski definition) is 1. The van der Waals surface area contributed by atoms with E-state index in [9.17, 15) is 0 Å². The van der Waals surface area contributed by atoms with E-state index in [1.54, 1.807) is 0 Å². The van der Waals surface area contributed by atoms with Gasteiger partial charge in [0.2, 0.25) is 0 Å². The smallest absolute Gasteiger partial charge is 0.0821 e. The van der Waals surface area contributed by atoms with Crippen LogP contribution < -0.4 is 5.32 Å². The molecule has 0 fully saturated rings. The third-order valence-electron chi connectivity index (χ3n) is 2.93. The highest BCUT2D eigenvalue weighted by molar-refractivity contribution is 5.12. The minimum absolute atomic E-state index is 0.424. The number of hydrogen-bond acceptors (Lipinski definition) is 2. The zero-order chi connectivity index (χ0) is 13.0. The zero-order valence-electron chi connectivity index (χ0n) is 11.4. The Morgan fingerprint density at radius 1 is 1.28 bits per heavy atom.